The van der Waals surface area contributed by atoms with Crippen LogP contribution in [0.5, 0.6) is 0 Å². The van der Waals surface area contributed by atoms with E-state index < -0.39 is 33.3 Å². The molecule has 19 heavy (non-hydrogen) atoms. The van der Waals surface area contributed by atoms with Crippen LogP contribution < -0.4 is 0 Å². The Morgan fingerprint density at radius 3 is 2.42 bits per heavy atom. The van der Waals surface area contributed by atoms with Crippen LogP contribution in [0.4, 0.5) is 5.69 Å². The van der Waals surface area contributed by atoms with Crippen molar-refractivity contribution in [2.24, 2.45) is 0 Å². The van der Waals surface area contributed by atoms with Crippen molar-refractivity contribution < 1.29 is 24.7 Å². The summed E-state index contributed by atoms with van der Waals surface area (Å²) in [6.45, 7) is 1.53. The molecular formula is C11H10BrNO6. The van der Waals surface area contributed by atoms with Crippen molar-refractivity contribution in [3.05, 3.63) is 39.4 Å². The molecule has 0 spiro atoms. The van der Waals surface area contributed by atoms with Gasteiger partial charge in [-0.25, -0.2) is 4.79 Å². The molecule has 0 aliphatic rings. The SMILES string of the molecule is CC(Br)C(=O)c1ccc([N+](=O)[O-])cc1C(O)C(=O)O. The summed E-state index contributed by atoms with van der Waals surface area (Å²) in [5.74, 6) is -2.05. The molecule has 0 saturated heterocycles. The zero-order valence-electron chi connectivity index (χ0n) is 9.74. The number of hydrogen-bond acceptors (Lipinski definition) is 5. The van der Waals surface area contributed by atoms with Gasteiger partial charge in [-0.05, 0) is 13.0 Å². The summed E-state index contributed by atoms with van der Waals surface area (Å²) in [7, 11) is 0. The quantitative estimate of drug-likeness (QED) is 0.367. The lowest BCUT2D eigenvalue weighted by Gasteiger charge is -2.12. The minimum Gasteiger partial charge on any atom is -0.479 e. The largest absolute Gasteiger partial charge is 0.479 e. The van der Waals surface area contributed by atoms with Crippen LogP contribution in [0.2, 0.25) is 0 Å². The molecule has 1 rings (SSSR count). The maximum Gasteiger partial charge on any atom is 0.337 e. The molecule has 2 atom stereocenters. The number of hydrogen-bond donors (Lipinski definition) is 2. The number of ketones is 1. The van der Waals surface area contributed by atoms with Crippen LogP contribution in [-0.2, 0) is 4.79 Å². The number of carboxylic acid groups (broad SMARTS) is 1. The number of Topliss-reactive ketones (excluding diaryl/α,β-unsaturated/α-hetero) is 1. The van der Waals surface area contributed by atoms with Crippen molar-refractivity contribution in [2.45, 2.75) is 17.9 Å². The number of benzene rings is 1. The number of non-ortho nitro benzene ring substituents is 1. The Hall–Kier alpha value is -1.80. The van der Waals surface area contributed by atoms with Gasteiger partial charge in [0.1, 0.15) is 0 Å². The van der Waals surface area contributed by atoms with Gasteiger partial charge in [-0.2, -0.15) is 0 Å². The highest BCUT2D eigenvalue weighted by atomic mass is 79.9. The third-order valence-corrected chi connectivity index (χ3v) is 2.82. The third kappa shape index (κ3) is 3.36. The number of alkyl halides is 1. The highest BCUT2D eigenvalue weighted by molar-refractivity contribution is 9.10. The van der Waals surface area contributed by atoms with Crippen LogP contribution in [-0.4, -0.2) is 31.7 Å². The molecule has 0 aromatic heterocycles. The smallest absolute Gasteiger partial charge is 0.337 e. The summed E-state index contributed by atoms with van der Waals surface area (Å²) in [5.41, 5.74) is -0.753. The Morgan fingerprint density at radius 2 is 2.00 bits per heavy atom. The lowest BCUT2D eigenvalue weighted by atomic mass is 9.97. The molecule has 0 aliphatic heterocycles. The summed E-state index contributed by atoms with van der Waals surface area (Å²) in [5, 5.41) is 28.9. The maximum atomic E-state index is 11.9. The minimum absolute atomic E-state index is 0.0649. The Labute approximate surface area is 116 Å². The van der Waals surface area contributed by atoms with Crippen molar-refractivity contribution in [3.63, 3.8) is 0 Å². The van der Waals surface area contributed by atoms with E-state index >= 15 is 0 Å². The number of nitrogens with zero attached hydrogens (tertiary/aromatic N) is 1. The first-order valence-corrected chi connectivity index (χ1v) is 6.04. The van der Waals surface area contributed by atoms with E-state index in [1.807, 2.05) is 0 Å². The molecule has 8 heteroatoms. The van der Waals surface area contributed by atoms with E-state index in [9.17, 15) is 24.8 Å². The molecule has 1 aromatic rings. The zero-order chi connectivity index (χ0) is 14.7. The molecule has 0 saturated carbocycles. The first kappa shape index (κ1) is 15.3. The second-order valence-corrected chi connectivity index (χ2v) is 5.12. The Kier molecular flexibility index (Phi) is 4.73. The molecule has 2 unspecified atom stereocenters. The number of carboxylic acids is 1. The van der Waals surface area contributed by atoms with Crippen molar-refractivity contribution in [3.8, 4) is 0 Å². The average molecular weight is 332 g/mol. The first-order valence-electron chi connectivity index (χ1n) is 5.13. The monoisotopic (exact) mass is 331 g/mol. The van der Waals surface area contributed by atoms with Crippen LogP contribution in [0.3, 0.4) is 0 Å². The molecule has 102 valence electrons. The van der Waals surface area contributed by atoms with Crippen molar-refractivity contribution in [1.82, 2.24) is 0 Å². The van der Waals surface area contributed by atoms with Gasteiger partial charge in [-0.15, -0.1) is 0 Å². The van der Waals surface area contributed by atoms with Gasteiger partial charge in [0.2, 0.25) is 0 Å². The maximum absolute atomic E-state index is 11.9. The number of nitro groups is 1. The second-order valence-electron chi connectivity index (χ2n) is 3.75. The van der Waals surface area contributed by atoms with Crippen molar-refractivity contribution in [2.75, 3.05) is 0 Å². The van der Waals surface area contributed by atoms with E-state index in [1.165, 1.54) is 6.92 Å². The predicted octanol–water partition coefficient (Wildman–Crippen LogP) is 1.68. The summed E-state index contributed by atoms with van der Waals surface area (Å²) in [6, 6.07) is 3.11. The van der Waals surface area contributed by atoms with Gasteiger partial charge >= 0.3 is 5.97 Å². The zero-order valence-corrected chi connectivity index (χ0v) is 11.3. The van der Waals surface area contributed by atoms with Crippen LogP contribution in [0, 0.1) is 10.1 Å². The summed E-state index contributed by atoms with van der Waals surface area (Å²) in [4.78, 5) is 31.9. The normalized spacial score (nSPS) is 13.6. The molecule has 2 N–H and O–H groups in total. The summed E-state index contributed by atoms with van der Waals surface area (Å²) < 4.78 is 0. The van der Waals surface area contributed by atoms with Gasteiger partial charge in [0.25, 0.3) is 5.69 Å². The molecule has 7 nitrogen and oxygen atoms in total. The molecule has 0 radical (unpaired) electrons. The van der Waals surface area contributed by atoms with Crippen LogP contribution in [0.15, 0.2) is 18.2 Å². The van der Waals surface area contributed by atoms with E-state index in [0.29, 0.717) is 0 Å². The predicted molar refractivity (Wildman–Crippen MR) is 68.4 cm³/mol. The van der Waals surface area contributed by atoms with Gasteiger partial charge in [0.05, 0.1) is 9.75 Å². The number of aliphatic hydroxyl groups is 1. The van der Waals surface area contributed by atoms with Gasteiger partial charge in [-0.3, -0.25) is 14.9 Å². The van der Waals surface area contributed by atoms with E-state index in [-0.39, 0.29) is 11.1 Å². The average Bonchev–Trinajstić information content (AvgIpc) is 2.35. The number of aliphatic carboxylic acids is 1. The first-order chi connectivity index (χ1) is 8.75. The van der Waals surface area contributed by atoms with Crippen LogP contribution in [0.1, 0.15) is 28.9 Å². The van der Waals surface area contributed by atoms with Crippen molar-refractivity contribution in [1.29, 1.82) is 0 Å². The fraction of sp³-hybridized carbons (Fsp3) is 0.273. The molecule has 0 fully saturated rings. The number of halogens is 1. The Bertz CT molecular complexity index is 542. The minimum atomic E-state index is -2.00. The topological polar surface area (TPSA) is 118 Å². The highest BCUT2D eigenvalue weighted by Gasteiger charge is 2.26. The summed E-state index contributed by atoms with van der Waals surface area (Å²) >= 11 is 3.03. The van der Waals surface area contributed by atoms with Gasteiger partial charge < -0.3 is 10.2 Å². The number of aliphatic hydroxyl groups excluding tert-OH is 1. The number of rotatable bonds is 5. The van der Waals surface area contributed by atoms with Crippen LogP contribution in [0.25, 0.3) is 0 Å². The fourth-order valence-electron chi connectivity index (χ4n) is 1.46. The second kappa shape index (κ2) is 5.89. The Morgan fingerprint density at radius 1 is 1.42 bits per heavy atom. The van der Waals surface area contributed by atoms with Gasteiger partial charge in [-0.1, -0.05) is 15.9 Å². The molecule has 1 aromatic carbocycles. The summed E-state index contributed by atoms with van der Waals surface area (Å²) in [6.07, 6.45) is -2.00. The lowest BCUT2D eigenvalue weighted by molar-refractivity contribution is -0.385. The van der Waals surface area contributed by atoms with Crippen molar-refractivity contribution >= 4 is 33.4 Å². The third-order valence-electron chi connectivity index (χ3n) is 2.40. The highest BCUT2D eigenvalue weighted by Crippen LogP contribution is 2.26. The van der Waals surface area contributed by atoms with Gasteiger partial charge in [0, 0.05) is 23.3 Å². The van der Waals surface area contributed by atoms with Gasteiger partial charge in [0.15, 0.2) is 11.9 Å². The van der Waals surface area contributed by atoms with E-state index in [4.69, 9.17) is 5.11 Å². The standard InChI is InChI=1S/C11H10BrNO6/c1-5(12)9(14)7-3-2-6(13(18)19)4-8(7)10(15)11(16)17/h2-5,10,15H,1H3,(H,16,17). The molecule has 0 aliphatic carbocycles. The number of carbonyl (C=O) groups excluding carboxylic acids is 1. The van der Waals surface area contributed by atoms with E-state index in [0.717, 1.165) is 18.2 Å². The molecule has 0 amide bonds. The fourth-order valence-corrected chi connectivity index (χ4v) is 1.71. The molecule has 0 heterocycles. The number of carbonyl (C=O) groups is 2. The lowest BCUT2D eigenvalue weighted by Crippen LogP contribution is -2.18. The molecular weight excluding hydrogens is 322 g/mol. The van der Waals surface area contributed by atoms with E-state index in [2.05, 4.69) is 15.9 Å². The van der Waals surface area contributed by atoms with E-state index in [1.54, 1.807) is 0 Å². The van der Waals surface area contributed by atoms with Crippen LogP contribution >= 0.6 is 15.9 Å². The Balaban J connectivity index is 3.42. The molecule has 0 bridgehead atoms. The number of nitro benzene ring substituents is 1.